The third-order valence-corrected chi connectivity index (χ3v) is 3.74. The lowest BCUT2D eigenvalue weighted by Crippen LogP contribution is -2.43. The molecule has 5 nitrogen and oxygen atoms in total. The Morgan fingerprint density at radius 2 is 1.77 bits per heavy atom. The van der Waals surface area contributed by atoms with Crippen LogP contribution in [0.2, 0.25) is 0 Å². The molecule has 122 valence electrons. The topological polar surface area (TPSA) is 78.4 Å². The quantitative estimate of drug-likeness (QED) is 0.675. The van der Waals surface area contributed by atoms with Gasteiger partial charge in [0, 0.05) is 19.1 Å². The largest absolute Gasteiger partial charge is 0.396 e. The molecule has 2 unspecified atom stereocenters. The van der Waals surface area contributed by atoms with Crippen LogP contribution in [-0.2, 0) is 16.0 Å². The van der Waals surface area contributed by atoms with Crippen LogP contribution in [0.1, 0.15) is 31.4 Å². The number of amides is 2. The Balaban J connectivity index is 2.25. The predicted molar refractivity (Wildman–Crippen MR) is 86.4 cm³/mol. The van der Waals surface area contributed by atoms with Crippen LogP contribution in [0.25, 0.3) is 0 Å². The summed E-state index contributed by atoms with van der Waals surface area (Å²) in [7, 11) is 0. The summed E-state index contributed by atoms with van der Waals surface area (Å²) in [6, 6.07) is 7.93. The molecule has 0 saturated heterocycles. The summed E-state index contributed by atoms with van der Waals surface area (Å²) >= 11 is 0. The minimum absolute atomic E-state index is 0.0128. The van der Waals surface area contributed by atoms with Gasteiger partial charge in [-0.3, -0.25) is 9.59 Å². The van der Waals surface area contributed by atoms with Crippen molar-refractivity contribution in [1.29, 1.82) is 0 Å². The number of aliphatic hydroxyl groups excluding tert-OH is 1. The molecule has 5 heteroatoms. The lowest BCUT2D eigenvalue weighted by atomic mass is 10.1. The molecule has 0 fully saturated rings. The Morgan fingerprint density at radius 3 is 2.36 bits per heavy atom. The monoisotopic (exact) mass is 306 g/mol. The summed E-state index contributed by atoms with van der Waals surface area (Å²) in [6.45, 7) is 5.69. The Labute approximate surface area is 132 Å². The van der Waals surface area contributed by atoms with E-state index in [9.17, 15) is 9.59 Å². The average molecular weight is 306 g/mol. The first-order chi connectivity index (χ1) is 10.4. The van der Waals surface area contributed by atoms with Crippen LogP contribution in [0.4, 0.5) is 0 Å². The normalized spacial score (nSPS) is 13.3. The molecule has 1 aromatic carbocycles. The van der Waals surface area contributed by atoms with Gasteiger partial charge >= 0.3 is 0 Å². The first kappa shape index (κ1) is 18.2. The molecule has 0 radical (unpaired) electrons. The average Bonchev–Trinajstić information content (AvgIpc) is 2.51. The molecule has 3 N–H and O–H groups in total. The number of carbonyl (C=O) groups is 2. The van der Waals surface area contributed by atoms with Crippen molar-refractivity contribution in [2.24, 2.45) is 5.92 Å². The van der Waals surface area contributed by atoms with Gasteiger partial charge in [0.1, 0.15) is 0 Å². The van der Waals surface area contributed by atoms with Crippen molar-refractivity contribution in [3.8, 4) is 0 Å². The number of aryl methyl sites for hydroxylation is 2. The molecule has 22 heavy (non-hydrogen) atoms. The zero-order valence-corrected chi connectivity index (χ0v) is 13.6. The van der Waals surface area contributed by atoms with Crippen molar-refractivity contribution in [3.05, 3.63) is 35.4 Å². The molecule has 0 spiro atoms. The highest BCUT2D eigenvalue weighted by Crippen LogP contribution is 2.05. The van der Waals surface area contributed by atoms with Crippen LogP contribution < -0.4 is 10.6 Å². The summed E-state index contributed by atoms with van der Waals surface area (Å²) < 4.78 is 0. The number of hydrogen-bond acceptors (Lipinski definition) is 3. The second-order valence-electron chi connectivity index (χ2n) is 5.78. The van der Waals surface area contributed by atoms with Gasteiger partial charge in [0.25, 0.3) is 0 Å². The molecular weight excluding hydrogens is 280 g/mol. The maximum atomic E-state index is 11.7. The molecule has 0 aliphatic rings. The first-order valence-electron chi connectivity index (χ1n) is 7.65. The number of carbonyl (C=O) groups excluding carboxylic acids is 2. The first-order valence-corrected chi connectivity index (χ1v) is 7.65. The molecule has 2 atom stereocenters. The Bertz CT molecular complexity index is 485. The fourth-order valence-corrected chi connectivity index (χ4v) is 1.89. The molecule has 0 aromatic heterocycles. The van der Waals surface area contributed by atoms with E-state index in [1.165, 1.54) is 5.56 Å². The fourth-order valence-electron chi connectivity index (χ4n) is 1.89. The summed E-state index contributed by atoms with van der Waals surface area (Å²) in [5.74, 6) is -0.392. The SMILES string of the molecule is Cc1ccc(CCC(=O)NCC(=O)NC(C)C(C)CO)cc1. The summed E-state index contributed by atoms with van der Waals surface area (Å²) in [5, 5.41) is 14.4. The number of aliphatic hydroxyl groups is 1. The number of nitrogens with one attached hydrogen (secondary N) is 2. The van der Waals surface area contributed by atoms with Gasteiger partial charge < -0.3 is 15.7 Å². The summed E-state index contributed by atoms with van der Waals surface area (Å²) in [5.41, 5.74) is 2.30. The number of rotatable bonds is 8. The second-order valence-corrected chi connectivity index (χ2v) is 5.78. The van der Waals surface area contributed by atoms with Gasteiger partial charge in [-0.2, -0.15) is 0 Å². The van der Waals surface area contributed by atoms with E-state index in [4.69, 9.17) is 5.11 Å². The van der Waals surface area contributed by atoms with Crippen molar-refractivity contribution < 1.29 is 14.7 Å². The fraction of sp³-hybridized carbons (Fsp3) is 0.529. The minimum atomic E-state index is -0.239. The third-order valence-electron chi connectivity index (χ3n) is 3.74. The predicted octanol–water partition coefficient (Wildman–Crippen LogP) is 1.18. The van der Waals surface area contributed by atoms with Gasteiger partial charge in [0.05, 0.1) is 6.54 Å². The van der Waals surface area contributed by atoms with Crippen LogP contribution in [0.3, 0.4) is 0 Å². The van der Waals surface area contributed by atoms with Crippen LogP contribution in [-0.4, -0.2) is 36.1 Å². The zero-order chi connectivity index (χ0) is 16.5. The van der Waals surface area contributed by atoms with Crippen LogP contribution >= 0.6 is 0 Å². The Hall–Kier alpha value is -1.88. The van der Waals surface area contributed by atoms with E-state index in [1.807, 2.05) is 45.0 Å². The maximum Gasteiger partial charge on any atom is 0.239 e. The minimum Gasteiger partial charge on any atom is -0.396 e. The highest BCUT2D eigenvalue weighted by atomic mass is 16.3. The second kappa shape index (κ2) is 9.20. The lowest BCUT2D eigenvalue weighted by Gasteiger charge is -2.19. The summed E-state index contributed by atoms with van der Waals surface area (Å²) in [6.07, 6.45) is 1.02. The van der Waals surface area contributed by atoms with E-state index in [2.05, 4.69) is 10.6 Å². The van der Waals surface area contributed by atoms with Crippen LogP contribution in [0.15, 0.2) is 24.3 Å². The van der Waals surface area contributed by atoms with Gasteiger partial charge in [-0.05, 0) is 31.7 Å². The van der Waals surface area contributed by atoms with Crippen LogP contribution in [0.5, 0.6) is 0 Å². The standard InChI is InChI=1S/C17H26N2O3/c1-12-4-6-15(7-5-12)8-9-16(21)18-10-17(22)19-14(3)13(2)11-20/h4-7,13-14,20H,8-11H2,1-3H3,(H,18,21)(H,19,22). The highest BCUT2D eigenvalue weighted by molar-refractivity contribution is 5.84. The zero-order valence-electron chi connectivity index (χ0n) is 13.6. The van der Waals surface area contributed by atoms with Crippen molar-refractivity contribution in [1.82, 2.24) is 10.6 Å². The van der Waals surface area contributed by atoms with E-state index < -0.39 is 0 Å². The molecule has 1 aromatic rings. The van der Waals surface area contributed by atoms with Crippen molar-refractivity contribution in [2.45, 2.75) is 39.7 Å². The van der Waals surface area contributed by atoms with Crippen molar-refractivity contribution in [3.63, 3.8) is 0 Å². The van der Waals surface area contributed by atoms with E-state index in [0.29, 0.717) is 12.8 Å². The van der Waals surface area contributed by atoms with Crippen molar-refractivity contribution in [2.75, 3.05) is 13.2 Å². The molecule has 2 amide bonds. The molecule has 0 aliphatic carbocycles. The van der Waals surface area contributed by atoms with Crippen LogP contribution in [0, 0.1) is 12.8 Å². The molecule has 0 bridgehead atoms. The molecular formula is C17H26N2O3. The highest BCUT2D eigenvalue weighted by Gasteiger charge is 2.14. The van der Waals surface area contributed by atoms with Crippen molar-refractivity contribution >= 4 is 11.8 Å². The smallest absolute Gasteiger partial charge is 0.239 e. The number of hydrogen-bond donors (Lipinski definition) is 3. The maximum absolute atomic E-state index is 11.7. The molecule has 0 heterocycles. The lowest BCUT2D eigenvalue weighted by molar-refractivity contribution is -0.126. The van der Waals surface area contributed by atoms with Gasteiger partial charge in [0.15, 0.2) is 0 Å². The van der Waals surface area contributed by atoms with Gasteiger partial charge in [-0.15, -0.1) is 0 Å². The van der Waals surface area contributed by atoms with E-state index in [1.54, 1.807) is 0 Å². The Morgan fingerprint density at radius 1 is 1.14 bits per heavy atom. The molecule has 0 saturated carbocycles. The molecule has 0 aliphatic heterocycles. The third kappa shape index (κ3) is 6.72. The Kier molecular flexibility index (Phi) is 7.60. The number of benzene rings is 1. The van der Waals surface area contributed by atoms with Gasteiger partial charge in [0.2, 0.25) is 11.8 Å². The van der Waals surface area contributed by atoms with Gasteiger partial charge in [-0.25, -0.2) is 0 Å². The molecule has 1 rings (SSSR count). The van der Waals surface area contributed by atoms with E-state index in [-0.39, 0.29) is 36.9 Å². The van der Waals surface area contributed by atoms with Gasteiger partial charge in [-0.1, -0.05) is 36.8 Å². The van der Waals surface area contributed by atoms with E-state index in [0.717, 1.165) is 5.56 Å². The van der Waals surface area contributed by atoms with E-state index >= 15 is 0 Å². The summed E-state index contributed by atoms with van der Waals surface area (Å²) in [4.78, 5) is 23.4.